The summed E-state index contributed by atoms with van der Waals surface area (Å²) in [6.07, 6.45) is 2.89. The Kier molecular flexibility index (Phi) is 1.03. The van der Waals surface area contributed by atoms with E-state index in [4.69, 9.17) is 5.11 Å². The van der Waals surface area contributed by atoms with Crippen LogP contribution in [-0.2, 0) is 0 Å². The van der Waals surface area contributed by atoms with Crippen LogP contribution in [0.3, 0.4) is 0 Å². The van der Waals surface area contributed by atoms with Crippen molar-refractivity contribution in [3.63, 3.8) is 0 Å². The molecule has 11 heavy (non-hydrogen) atoms. The number of rotatable bonds is 0. The van der Waals surface area contributed by atoms with E-state index in [-0.39, 0.29) is 11.3 Å². The lowest BCUT2D eigenvalue weighted by molar-refractivity contribution is 0.481. The maximum Gasteiger partial charge on any atom is 0.272 e. The van der Waals surface area contributed by atoms with E-state index in [9.17, 15) is 4.79 Å². The summed E-state index contributed by atoms with van der Waals surface area (Å²) < 4.78 is 0. The zero-order valence-electron chi connectivity index (χ0n) is 5.59. The summed E-state index contributed by atoms with van der Waals surface area (Å²) in [6, 6.07) is 1.64. The Hall–Kier alpha value is -1.71. The zero-order chi connectivity index (χ0) is 7.84. The number of pyridine rings is 1. The molecule has 0 aliphatic heterocycles. The average Bonchev–Trinajstić information content (AvgIpc) is 2.35. The average molecular weight is 150 g/mol. The highest BCUT2D eigenvalue weighted by atomic mass is 16.3. The van der Waals surface area contributed by atoms with Gasteiger partial charge in [-0.05, 0) is 6.07 Å². The van der Waals surface area contributed by atoms with E-state index in [0.29, 0.717) is 10.9 Å². The SMILES string of the molecule is O=c1[nH]ccc2c(O)c[nH]c12. The minimum Gasteiger partial charge on any atom is -0.506 e. The van der Waals surface area contributed by atoms with Crippen molar-refractivity contribution in [2.75, 3.05) is 0 Å². The second-order valence-corrected chi connectivity index (χ2v) is 2.27. The Morgan fingerprint density at radius 1 is 1.36 bits per heavy atom. The monoisotopic (exact) mass is 150 g/mol. The molecule has 0 saturated heterocycles. The lowest BCUT2D eigenvalue weighted by atomic mass is 10.3. The van der Waals surface area contributed by atoms with Gasteiger partial charge in [0.05, 0.1) is 0 Å². The highest BCUT2D eigenvalue weighted by Gasteiger charge is 2.02. The van der Waals surface area contributed by atoms with Gasteiger partial charge in [0, 0.05) is 17.8 Å². The molecule has 4 heteroatoms. The maximum atomic E-state index is 11.0. The van der Waals surface area contributed by atoms with Gasteiger partial charge in [0.25, 0.3) is 5.56 Å². The topological polar surface area (TPSA) is 68.9 Å². The second-order valence-electron chi connectivity index (χ2n) is 2.27. The van der Waals surface area contributed by atoms with Crippen LogP contribution >= 0.6 is 0 Å². The fraction of sp³-hybridized carbons (Fsp3) is 0. The van der Waals surface area contributed by atoms with E-state index in [1.54, 1.807) is 6.07 Å². The first kappa shape index (κ1) is 6.03. The van der Waals surface area contributed by atoms with Crippen LogP contribution in [0.4, 0.5) is 0 Å². The summed E-state index contributed by atoms with van der Waals surface area (Å²) in [5.74, 6) is 0.103. The molecule has 2 heterocycles. The molecule has 0 bridgehead atoms. The van der Waals surface area contributed by atoms with Crippen LogP contribution in [0, 0.1) is 0 Å². The summed E-state index contributed by atoms with van der Waals surface area (Å²) in [4.78, 5) is 16.1. The van der Waals surface area contributed by atoms with Crippen molar-refractivity contribution in [3.05, 3.63) is 28.8 Å². The Morgan fingerprint density at radius 3 is 2.91 bits per heavy atom. The number of hydrogen-bond donors (Lipinski definition) is 3. The van der Waals surface area contributed by atoms with E-state index in [0.717, 1.165) is 0 Å². The smallest absolute Gasteiger partial charge is 0.272 e. The van der Waals surface area contributed by atoms with Gasteiger partial charge in [0.2, 0.25) is 0 Å². The Balaban J connectivity index is 3.06. The molecule has 4 nitrogen and oxygen atoms in total. The van der Waals surface area contributed by atoms with E-state index in [1.807, 2.05) is 0 Å². The van der Waals surface area contributed by atoms with Crippen LogP contribution < -0.4 is 5.56 Å². The molecule has 0 fully saturated rings. The maximum absolute atomic E-state index is 11.0. The normalized spacial score (nSPS) is 10.5. The zero-order valence-corrected chi connectivity index (χ0v) is 5.59. The lowest BCUT2D eigenvalue weighted by Gasteiger charge is -1.86. The second kappa shape index (κ2) is 1.88. The van der Waals surface area contributed by atoms with Crippen molar-refractivity contribution in [3.8, 4) is 5.75 Å². The third-order valence-electron chi connectivity index (χ3n) is 1.59. The van der Waals surface area contributed by atoms with Gasteiger partial charge in [0.1, 0.15) is 11.3 Å². The molecule has 3 N–H and O–H groups in total. The van der Waals surface area contributed by atoms with Crippen molar-refractivity contribution >= 4 is 10.9 Å². The molecule has 56 valence electrons. The van der Waals surface area contributed by atoms with Crippen molar-refractivity contribution < 1.29 is 5.11 Å². The third-order valence-corrected chi connectivity index (χ3v) is 1.59. The van der Waals surface area contributed by atoms with Crippen LogP contribution in [-0.4, -0.2) is 15.1 Å². The van der Waals surface area contributed by atoms with Gasteiger partial charge in [-0.25, -0.2) is 0 Å². The molecule has 0 unspecified atom stereocenters. The van der Waals surface area contributed by atoms with Gasteiger partial charge in [0.15, 0.2) is 0 Å². The van der Waals surface area contributed by atoms with Gasteiger partial charge in [-0.15, -0.1) is 0 Å². The van der Waals surface area contributed by atoms with Gasteiger partial charge >= 0.3 is 0 Å². The third kappa shape index (κ3) is 0.724. The van der Waals surface area contributed by atoms with Gasteiger partial charge < -0.3 is 15.1 Å². The first-order valence-corrected chi connectivity index (χ1v) is 3.17. The van der Waals surface area contributed by atoms with Crippen LogP contribution in [0.5, 0.6) is 5.75 Å². The van der Waals surface area contributed by atoms with E-state index in [2.05, 4.69) is 9.97 Å². The van der Waals surface area contributed by atoms with Gasteiger partial charge in [-0.1, -0.05) is 0 Å². The number of aromatic hydroxyl groups is 1. The molecule has 0 amide bonds. The summed E-state index contributed by atoms with van der Waals surface area (Å²) in [7, 11) is 0. The Bertz CT molecular complexity index is 441. The molecule has 0 radical (unpaired) electrons. The first-order chi connectivity index (χ1) is 5.29. The first-order valence-electron chi connectivity index (χ1n) is 3.17. The van der Waals surface area contributed by atoms with Gasteiger partial charge in [-0.2, -0.15) is 0 Å². The molecule has 2 rings (SSSR count). The highest BCUT2D eigenvalue weighted by molar-refractivity contribution is 5.84. The number of H-pyrrole nitrogens is 2. The molecule has 0 aliphatic carbocycles. The van der Waals surface area contributed by atoms with Crippen molar-refractivity contribution in [1.29, 1.82) is 0 Å². The number of aromatic amines is 2. The predicted octanol–water partition coefficient (Wildman–Crippen LogP) is 0.562. The quantitative estimate of drug-likeness (QED) is 0.513. The summed E-state index contributed by atoms with van der Waals surface area (Å²) in [6.45, 7) is 0. The molecule has 2 aromatic rings. The molecular formula is C7H6N2O2. The predicted molar refractivity (Wildman–Crippen MR) is 40.6 cm³/mol. The van der Waals surface area contributed by atoms with Crippen LogP contribution in [0.25, 0.3) is 10.9 Å². The summed E-state index contributed by atoms with van der Waals surface area (Å²) in [5.41, 5.74) is 0.188. The Labute approximate surface area is 61.5 Å². The number of aromatic nitrogens is 2. The standard InChI is InChI=1S/C7H6N2O2/c10-5-3-9-6-4(5)1-2-8-7(6)11/h1-3,9-10H,(H,8,11). The van der Waals surface area contributed by atoms with E-state index in [1.165, 1.54) is 12.4 Å². The van der Waals surface area contributed by atoms with Crippen molar-refractivity contribution in [1.82, 2.24) is 9.97 Å². The van der Waals surface area contributed by atoms with Crippen LogP contribution in [0.15, 0.2) is 23.3 Å². The summed E-state index contributed by atoms with van der Waals surface area (Å²) >= 11 is 0. The van der Waals surface area contributed by atoms with E-state index < -0.39 is 0 Å². The molecule has 0 aromatic carbocycles. The molecule has 0 spiro atoms. The fourth-order valence-electron chi connectivity index (χ4n) is 1.05. The minimum atomic E-state index is -0.220. The molecule has 0 aliphatic rings. The van der Waals surface area contributed by atoms with Crippen molar-refractivity contribution in [2.45, 2.75) is 0 Å². The summed E-state index contributed by atoms with van der Waals surface area (Å²) in [5, 5.41) is 9.70. The van der Waals surface area contributed by atoms with Crippen molar-refractivity contribution in [2.24, 2.45) is 0 Å². The fourth-order valence-corrected chi connectivity index (χ4v) is 1.05. The molecule has 0 atom stereocenters. The van der Waals surface area contributed by atoms with Gasteiger partial charge in [-0.3, -0.25) is 4.79 Å². The Morgan fingerprint density at radius 2 is 2.18 bits per heavy atom. The number of hydrogen-bond acceptors (Lipinski definition) is 2. The minimum absolute atomic E-state index is 0.103. The molecular weight excluding hydrogens is 144 g/mol. The number of fused-ring (bicyclic) bond motifs is 1. The largest absolute Gasteiger partial charge is 0.506 e. The highest BCUT2D eigenvalue weighted by Crippen LogP contribution is 2.19. The van der Waals surface area contributed by atoms with Crippen LogP contribution in [0.1, 0.15) is 0 Å². The number of nitrogens with one attached hydrogen (secondary N) is 2. The van der Waals surface area contributed by atoms with E-state index >= 15 is 0 Å². The molecule has 2 aromatic heterocycles. The lowest BCUT2D eigenvalue weighted by Crippen LogP contribution is -2.03. The van der Waals surface area contributed by atoms with Crippen LogP contribution in [0.2, 0.25) is 0 Å². The molecule has 0 saturated carbocycles.